The van der Waals surface area contributed by atoms with E-state index in [0.29, 0.717) is 11.3 Å². The first-order chi connectivity index (χ1) is 7.60. The average Bonchev–Trinajstić information content (AvgIpc) is 2.97. The van der Waals surface area contributed by atoms with Gasteiger partial charge in [-0.3, -0.25) is 5.41 Å². The Hall–Kier alpha value is -0.670. The molecule has 0 unspecified atom stereocenters. The number of nitrogens with one attached hydrogen (secondary N) is 1. The summed E-state index contributed by atoms with van der Waals surface area (Å²) in [5.41, 5.74) is 5.77. The van der Waals surface area contributed by atoms with E-state index in [1.165, 1.54) is 17.7 Å². The molecule has 1 aromatic rings. The second kappa shape index (κ2) is 4.68. The SMILES string of the molecule is N=C(N)CC1(CSc2ccc(Cl)cc2)CC1. The van der Waals surface area contributed by atoms with Crippen LogP contribution < -0.4 is 5.73 Å². The van der Waals surface area contributed by atoms with Crippen molar-refractivity contribution in [1.29, 1.82) is 5.41 Å². The highest BCUT2D eigenvalue weighted by molar-refractivity contribution is 7.99. The number of hydrogen-bond donors (Lipinski definition) is 2. The maximum absolute atomic E-state index is 7.35. The monoisotopic (exact) mass is 254 g/mol. The summed E-state index contributed by atoms with van der Waals surface area (Å²) in [6.07, 6.45) is 3.15. The summed E-state index contributed by atoms with van der Waals surface area (Å²) >= 11 is 7.66. The minimum absolute atomic E-state index is 0.302. The second-order valence-electron chi connectivity index (χ2n) is 4.44. The molecule has 1 aliphatic rings. The highest BCUT2D eigenvalue weighted by atomic mass is 35.5. The number of amidine groups is 1. The topological polar surface area (TPSA) is 49.9 Å². The Morgan fingerprint density at radius 3 is 2.50 bits per heavy atom. The molecule has 1 aromatic carbocycles. The summed E-state index contributed by atoms with van der Waals surface area (Å²) in [6.45, 7) is 0. The van der Waals surface area contributed by atoms with Crippen LogP contribution >= 0.6 is 23.4 Å². The van der Waals surface area contributed by atoms with Crippen molar-refractivity contribution in [2.75, 3.05) is 5.75 Å². The van der Waals surface area contributed by atoms with Gasteiger partial charge >= 0.3 is 0 Å². The van der Waals surface area contributed by atoms with Gasteiger partial charge in [0.25, 0.3) is 0 Å². The number of hydrogen-bond acceptors (Lipinski definition) is 2. The van der Waals surface area contributed by atoms with Gasteiger partial charge in [0, 0.05) is 22.1 Å². The highest BCUT2D eigenvalue weighted by Gasteiger charge is 2.42. The molecule has 0 atom stereocenters. The third-order valence-corrected chi connectivity index (χ3v) is 4.50. The Morgan fingerprint density at radius 2 is 2.00 bits per heavy atom. The fourth-order valence-electron chi connectivity index (χ4n) is 1.72. The van der Waals surface area contributed by atoms with E-state index in [4.69, 9.17) is 22.7 Å². The fourth-order valence-corrected chi connectivity index (χ4v) is 3.04. The van der Waals surface area contributed by atoms with E-state index in [2.05, 4.69) is 0 Å². The van der Waals surface area contributed by atoms with E-state index in [-0.39, 0.29) is 0 Å². The second-order valence-corrected chi connectivity index (χ2v) is 5.93. The van der Waals surface area contributed by atoms with Gasteiger partial charge in [-0.15, -0.1) is 11.8 Å². The van der Waals surface area contributed by atoms with Crippen LogP contribution in [0.15, 0.2) is 29.2 Å². The molecular formula is C12H15ClN2S. The summed E-state index contributed by atoms with van der Waals surface area (Å²) < 4.78 is 0. The molecule has 2 rings (SSSR count). The van der Waals surface area contributed by atoms with E-state index in [0.717, 1.165) is 17.2 Å². The van der Waals surface area contributed by atoms with Crippen LogP contribution in [0.5, 0.6) is 0 Å². The van der Waals surface area contributed by atoms with Crippen LogP contribution in [0.2, 0.25) is 5.02 Å². The summed E-state index contributed by atoms with van der Waals surface area (Å²) in [5.74, 6) is 1.36. The molecule has 0 aromatic heterocycles. The fraction of sp³-hybridized carbons (Fsp3) is 0.417. The lowest BCUT2D eigenvalue weighted by Crippen LogP contribution is -2.17. The Morgan fingerprint density at radius 1 is 1.38 bits per heavy atom. The minimum atomic E-state index is 0.302. The van der Waals surface area contributed by atoms with Gasteiger partial charge in [0.1, 0.15) is 0 Å². The zero-order valence-corrected chi connectivity index (χ0v) is 10.6. The molecule has 0 amide bonds. The molecule has 3 N–H and O–H groups in total. The van der Waals surface area contributed by atoms with Gasteiger partial charge in [0.2, 0.25) is 0 Å². The van der Waals surface area contributed by atoms with Crippen LogP contribution in [-0.4, -0.2) is 11.6 Å². The molecule has 0 spiro atoms. The molecular weight excluding hydrogens is 240 g/mol. The van der Waals surface area contributed by atoms with Gasteiger partial charge in [0.15, 0.2) is 0 Å². The molecule has 1 aliphatic carbocycles. The number of halogens is 1. The lowest BCUT2D eigenvalue weighted by molar-refractivity contribution is 0.612. The zero-order chi connectivity index (χ0) is 11.6. The van der Waals surface area contributed by atoms with Crippen molar-refractivity contribution in [1.82, 2.24) is 0 Å². The number of rotatable bonds is 5. The Labute approximate surface area is 105 Å². The molecule has 0 saturated heterocycles. The Kier molecular flexibility index (Phi) is 3.45. The van der Waals surface area contributed by atoms with E-state index >= 15 is 0 Å². The van der Waals surface area contributed by atoms with E-state index < -0.39 is 0 Å². The first kappa shape index (κ1) is 11.8. The smallest absolute Gasteiger partial charge is 0.0911 e. The van der Waals surface area contributed by atoms with Crippen LogP contribution in [0.1, 0.15) is 19.3 Å². The largest absolute Gasteiger partial charge is 0.388 e. The van der Waals surface area contributed by atoms with Crippen molar-refractivity contribution in [3.63, 3.8) is 0 Å². The predicted octanol–water partition coefficient (Wildman–Crippen LogP) is 3.54. The summed E-state index contributed by atoms with van der Waals surface area (Å²) in [7, 11) is 0. The summed E-state index contributed by atoms with van der Waals surface area (Å²) in [4.78, 5) is 1.24. The van der Waals surface area contributed by atoms with Crippen molar-refractivity contribution in [2.45, 2.75) is 24.2 Å². The number of nitrogens with two attached hydrogens (primary N) is 1. The average molecular weight is 255 g/mol. The van der Waals surface area contributed by atoms with Gasteiger partial charge < -0.3 is 5.73 Å². The molecule has 0 radical (unpaired) electrons. The van der Waals surface area contributed by atoms with E-state index in [9.17, 15) is 0 Å². The van der Waals surface area contributed by atoms with Gasteiger partial charge in [-0.05, 0) is 42.5 Å². The van der Waals surface area contributed by atoms with Crippen LogP contribution in [0, 0.1) is 10.8 Å². The summed E-state index contributed by atoms with van der Waals surface area (Å²) in [6, 6.07) is 7.90. The van der Waals surface area contributed by atoms with Crippen LogP contribution in [-0.2, 0) is 0 Å². The Balaban J connectivity index is 1.87. The first-order valence-corrected chi connectivity index (χ1v) is 6.67. The van der Waals surface area contributed by atoms with Crippen molar-refractivity contribution < 1.29 is 0 Å². The van der Waals surface area contributed by atoms with Crippen molar-refractivity contribution in [3.05, 3.63) is 29.3 Å². The van der Waals surface area contributed by atoms with E-state index in [1.807, 2.05) is 36.0 Å². The quantitative estimate of drug-likeness (QED) is 0.480. The molecule has 86 valence electrons. The molecule has 0 aliphatic heterocycles. The van der Waals surface area contributed by atoms with Gasteiger partial charge in [0.05, 0.1) is 5.84 Å². The molecule has 4 heteroatoms. The lowest BCUT2D eigenvalue weighted by atomic mass is 10.1. The first-order valence-electron chi connectivity index (χ1n) is 5.31. The molecule has 2 nitrogen and oxygen atoms in total. The van der Waals surface area contributed by atoms with Crippen molar-refractivity contribution >= 4 is 29.2 Å². The van der Waals surface area contributed by atoms with E-state index in [1.54, 1.807) is 0 Å². The van der Waals surface area contributed by atoms with Crippen LogP contribution in [0.4, 0.5) is 0 Å². The predicted molar refractivity (Wildman–Crippen MR) is 70.4 cm³/mol. The van der Waals surface area contributed by atoms with Gasteiger partial charge in [-0.1, -0.05) is 11.6 Å². The van der Waals surface area contributed by atoms with Gasteiger partial charge in [-0.25, -0.2) is 0 Å². The van der Waals surface area contributed by atoms with Gasteiger partial charge in [-0.2, -0.15) is 0 Å². The summed E-state index contributed by atoms with van der Waals surface area (Å²) in [5, 5.41) is 8.12. The maximum Gasteiger partial charge on any atom is 0.0911 e. The third-order valence-electron chi connectivity index (χ3n) is 2.88. The van der Waals surface area contributed by atoms with Crippen LogP contribution in [0.3, 0.4) is 0 Å². The van der Waals surface area contributed by atoms with Crippen molar-refractivity contribution in [2.24, 2.45) is 11.1 Å². The maximum atomic E-state index is 7.35. The third kappa shape index (κ3) is 3.16. The van der Waals surface area contributed by atoms with Crippen molar-refractivity contribution in [3.8, 4) is 0 Å². The number of thioether (sulfide) groups is 1. The van der Waals surface area contributed by atoms with Crippen LogP contribution in [0.25, 0.3) is 0 Å². The highest BCUT2D eigenvalue weighted by Crippen LogP contribution is 2.51. The molecule has 16 heavy (non-hydrogen) atoms. The molecule has 0 heterocycles. The standard InChI is InChI=1S/C12H15ClN2S/c13-9-1-3-10(4-2-9)16-8-12(5-6-12)7-11(14)15/h1-4H,5-8H2,(H3,14,15). The Bertz CT molecular complexity index is 385. The number of benzene rings is 1. The minimum Gasteiger partial charge on any atom is -0.388 e. The molecule has 0 bridgehead atoms. The lowest BCUT2D eigenvalue weighted by Gasteiger charge is -2.13. The molecule has 1 saturated carbocycles. The zero-order valence-electron chi connectivity index (χ0n) is 9.00. The molecule has 1 fully saturated rings. The normalized spacial score (nSPS) is 17.1.